The van der Waals surface area contributed by atoms with Crippen LogP contribution in [0.2, 0.25) is 0 Å². The van der Waals surface area contributed by atoms with E-state index in [1.54, 1.807) is 4.52 Å². The number of aromatic nitrogens is 4. The maximum atomic E-state index is 11.4. The molecule has 2 aromatic rings. The molecule has 1 N–H and O–H groups in total. The van der Waals surface area contributed by atoms with Gasteiger partial charge in [-0.05, 0) is 13.3 Å². The van der Waals surface area contributed by atoms with E-state index in [9.17, 15) is 8.42 Å². The van der Waals surface area contributed by atoms with Crippen molar-refractivity contribution in [2.75, 3.05) is 16.8 Å². The molecule has 1 unspecified atom stereocenters. The van der Waals surface area contributed by atoms with Crippen LogP contribution < -0.4 is 5.32 Å². The Balaban J connectivity index is 1.93. The van der Waals surface area contributed by atoms with Crippen LogP contribution in [0.3, 0.4) is 0 Å². The molecule has 1 aliphatic heterocycles. The lowest BCUT2D eigenvalue weighted by atomic mass is 10.2. The molecule has 8 heteroatoms. The predicted molar refractivity (Wildman–Crippen MR) is 66.2 cm³/mol. The molecule has 0 aromatic carbocycles. The average molecular weight is 267 g/mol. The van der Waals surface area contributed by atoms with Crippen molar-refractivity contribution in [3.63, 3.8) is 0 Å². The van der Waals surface area contributed by atoms with Gasteiger partial charge in [-0.2, -0.15) is 14.6 Å². The molecule has 1 atom stereocenters. The van der Waals surface area contributed by atoms with Gasteiger partial charge >= 0.3 is 0 Å². The maximum Gasteiger partial charge on any atom is 0.254 e. The summed E-state index contributed by atoms with van der Waals surface area (Å²) < 4.78 is 24.4. The van der Waals surface area contributed by atoms with Gasteiger partial charge in [0.1, 0.15) is 12.1 Å². The fourth-order valence-corrected chi connectivity index (χ4v) is 3.82. The van der Waals surface area contributed by atoms with E-state index < -0.39 is 9.84 Å². The van der Waals surface area contributed by atoms with Crippen LogP contribution in [0.4, 0.5) is 5.82 Å². The zero-order valence-electron chi connectivity index (χ0n) is 9.87. The first-order valence-corrected chi connectivity index (χ1v) is 7.50. The maximum absolute atomic E-state index is 11.4. The fraction of sp³-hybridized carbons (Fsp3) is 0.500. The molecular weight excluding hydrogens is 254 g/mol. The smallest absolute Gasteiger partial charge is 0.254 e. The molecule has 3 heterocycles. The van der Waals surface area contributed by atoms with Crippen LogP contribution in [0, 0.1) is 6.92 Å². The quantitative estimate of drug-likeness (QED) is 0.826. The fourth-order valence-electron chi connectivity index (χ4n) is 2.15. The van der Waals surface area contributed by atoms with Gasteiger partial charge in [0.25, 0.3) is 5.78 Å². The van der Waals surface area contributed by atoms with Crippen LogP contribution in [0.1, 0.15) is 12.1 Å². The Kier molecular flexibility index (Phi) is 2.47. The van der Waals surface area contributed by atoms with Gasteiger partial charge in [0, 0.05) is 17.8 Å². The van der Waals surface area contributed by atoms with Crippen molar-refractivity contribution in [3.05, 3.63) is 18.1 Å². The first-order valence-electron chi connectivity index (χ1n) is 5.68. The van der Waals surface area contributed by atoms with Crippen molar-refractivity contribution in [1.29, 1.82) is 0 Å². The lowest BCUT2D eigenvalue weighted by Gasteiger charge is -2.13. The molecule has 0 bridgehead atoms. The van der Waals surface area contributed by atoms with Crippen LogP contribution >= 0.6 is 0 Å². The van der Waals surface area contributed by atoms with Crippen LogP contribution in [0.25, 0.3) is 5.78 Å². The summed E-state index contributed by atoms with van der Waals surface area (Å²) in [7, 11) is -2.89. The molecular formula is C10H13N5O2S. The first-order chi connectivity index (χ1) is 8.53. The Bertz CT molecular complexity index is 693. The Morgan fingerprint density at radius 3 is 3.06 bits per heavy atom. The minimum absolute atomic E-state index is 0.0656. The highest BCUT2D eigenvalue weighted by molar-refractivity contribution is 7.91. The van der Waals surface area contributed by atoms with Gasteiger partial charge in [-0.3, -0.25) is 0 Å². The standard InChI is InChI=1S/C10H13N5O2S/c1-7-4-9(15-10(13-7)11-6-12-15)14-8-2-3-18(16,17)5-8/h4,6,8,14H,2-3,5H2,1H3. The van der Waals surface area contributed by atoms with E-state index >= 15 is 0 Å². The van der Waals surface area contributed by atoms with Crippen molar-refractivity contribution < 1.29 is 8.42 Å². The third-order valence-electron chi connectivity index (χ3n) is 2.96. The summed E-state index contributed by atoms with van der Waals surface area (Å²) in [5, 5.41) is 7.28. The van der Waals surface area contributed by atoms with Crippen LogP contribution in [-0.4, -0.2) is 45.5 Å². The van der Waals surface area contributed by atoms with E-state index in [1.165, 1.54) is 6.33 Å². The molecule has 0 spiro atoms. The number of nitrogens with zero attached hydrogens (tertiary/aromatic N) is 4. The number of sulfone groups is 1. The Morgan fingerprint density at radius 2 is 2.33 bits per heavy atom. The third kappa shape index (κ3) is 2.03. The Labute approximate surface area is 104 Å². The summed E-state index contributed by atoms with van der Waals surface area (Å²) in [6.07, 6.45) is 2.05. The molecule has 7 nitrogen and oxygen atoms in total. The summed E-state index contributed by atoms with van der Waals surface area (Å²) in [5.41, 5.74) is 0.818. The lowest BCUT2D eigenvalue weighted by molar-refractivity contribution is 0.602. The van der Waals surface area contributed by atoms with Gasteiger partial charge in [0.05, 0.1) is 11.5 Å². The van der Waals surface area contributed by atoms with E-state index in [0.717, 1.165) is 11.5 Å². The summed E-state index contributed by atoms with van der Waals surface area (Å²) in [5.74, 6) is 1.66. The largest absolute Gasteiger partial charge is 0.366 e. The number of fused-ring (bicyclic) bond motifs is 1. The molecule has 18 heavy (non-hydrogen) atoms. The number of hydrogen-bond donors (Lipinski definition) is 1. The van der Waals surface area contributed by atoms with Crippen molar-refractivity contribution in [2.24, 2.45) is 0 Å². The monoisotopic (exact) mass is 267 g/mol. The molecule has 1 aliphatic rings. The van der Waals surface area contributed by atoms with Crippen LogP contribution in [0.15, 0.2) is 12.4 Å². The topological polar surface area (TPSA) is 89.2 Å². The molecule has 3 rings (SSSR count). The second-order valence-electron chi connectivity index (χ2n) is 4.50. The van der Waals surface area contributed by atoms with Gasteiger partial charge in [-0.1, -0.05) is 0 Å². The van der Waals surface area contributed by atoms with Crippen molar-refractivity contribution >= 4 is 21.4 Å². The summed E-state index contributed by atoms with van der Waals surface area (Å²) >= 11 is 0. The Morgan fingerprint density at radius 1 is 1.50 bits per heavy atom. The summed E-state index contributed by atoms with van der Waals surface area (Å²) in [6, 6.07) is 1.77. The predicted octanol–water partition coefficient (Wildman–Crippen LogP) is 0.0317. The average Bonchev–Trinajstić information content (AvgIpc) is 2.84. The van der Waals surface area contributed by atoms with E-state index in [4.69, 9.17) is 0 Å². The van der Waals surface area contributed by atoms with Gasteiger partial charge in [-0.15, -0.1) is 0 Å². The van der Waals surface area contributed by atoms with E-state index in [2.05, 4.69) is 20.4 Å². The van der Waals surface area contributed by atoms with Gasteiger partial charge in [0.15, 0.2) is 9.84 Å². The third-order valence-corrected chi connectivity index (χ3v) is 4.73. The van der Waals surface area contributed by atoms with E-state index in [0.29, 0.717) is 12.2 Å². The van der Waals surface area contributed by atoms with Crippen LogP contribution in [0.5, 0.6) is 0 Å². The number of nitrogens with one attached hydrogen (secondary N) is 1. The normalized spacial score (nSPS) is 22.4. The number of hydrogen-bond acceptors (Lipinski definition) is 6. The second kappa shape index (κ2) is 3.91. The van der Waals surface area contributed by atoms with Gasteiger partial charge in [0.2, 0.25) is 0 Å². The number of aryl methyl sites for hydroxylation is 1. The number of rotatable bonds is 2. The molecule has 2 aromatic heterocycles. The number of anilines is 1. The SMILES string of the molecule is Cc1cc(NC2CCS(=O)(=O)C2)n2ncnc2n1. The highest BCUT2D eigenvalue weighted by Gasteiger charge is 2.28. The van der Waals surface area contributed by atoms with Crippen molar-refractivity contribution in [1.82, 2.24) is 19.6 Å². The molecule has 0 aliphatic carbocycles. The minimum atomic E-state index is -2.89. The van der Waals surface area contributed by atoms with Crippen molar-refractivity contribution in [2.45, 2.75) is 19.4 Å². The summed E-state index contributed by atoms with van der Waals surface area (Å²) in [6.45, 7) is 1.87. The molecule has 0 saturated carbocycles. The molecule has 0 radical (unpaired) electrons. The lowest BCUT2D eigenvalue weighted by Crippen LogP contribution is -2.22. The van der Waals surface area contributed by atoms with E-state index in [-0.39, 0.29) is 17.5 Å². The highest BCUT2D eigenvalue weighted by Crippen LogP contribution is 2.18. The molecule has 96 valence electrons. The second-order valence-corrected chi connectivity index (χ2v) is 6.73. The Hall–Kier alpha value is -1.70. The zero-order chi connectivity index (χ0) is 12.8. The van der Waals surface area contributed by atoms with Crippen LogP contribution in [-0.2, 0) is 9.84 Å². The summed E-state index contributed by atoms with van der Waals surface area (Å²) in [4.78, 5) is 8.26. The molecule has 1 fully saturated rings. The molecule has 0 amide bonds. The highest BCUT2D eigenvalue weighted by atomic mass is 32.2. The van der Waals surface area contributed by atoms with Gasteiger partial charge in [-0.25, -0.2) is 13.4 Å². The molecule has 1 saturated heterocycles. The zero-order valence-corrected chi connectivity index (χ0v) is 10.7. The van der Waals surface area contributed by atoms with Crippen molar-refractivity contribution in [3.8, 4) is 0 Å². The van der Waals surface area contributed by atoms with E-state index in [1.807, 2.05) is 13.0 Å². The first kappa shape index (κ1) is 11.4. The van der Waals surface area contributed by atoms with Gasteiger partial charge < -0.3 is 5.32 Å². The minimum Gasteiger partial charge on any atom is -0.366 e.